The molecule has 2 aromatic carbocycles. The quantitative estimate of drug-likeness (QED) is 0.585. The highest BCUT2D eigenvalue weighted by Gasteiger charge is 2.14. The zero-order valence-corrected chi connectivity index (χ0v) is 11.8. The number of hydrogen-bond acceptors (Lipinski definition) is 2. The van der Waals surface area contributed by atoms with Crippen molar-refractivity contribution in [1.82, 2.24) is 14.4 Å². The van der Waals surface area contributed by atoms with Crippen molar-refractivity contribution in [2.45, 2.75) is 6.92 Å². The molecule has 0 radical (unpaired) electrons. The predicted molar refractivity (Wildman–Crippen MR) is 83.4 cm³/mol. The number of imidazole rings is 1. The van der Waals surface area contributed by atoms with Gasteiger partial charge < -0.3 is 4.98 Å². The highest BCUT2D eigenvalue weighted by Crippen LogP contribution is 2.24. The average molecular weight is 293 g/mol. The molecule has 0 saturated carbocycles. The fourth-order valence-corrected chi connectivity index (χ4v) is 2.76. The predicted octanol–water partition coefficient (Wildman–Crippen LogP) is 3.29. The molecule has 0 atom stereocenters. The van der Waals surface area contributed by atoms with Crippen LogP contribution in [0.25, 0.3) is 27.8 Å². The van der Waals surface area contributed by atoms with Gasteiger partial charge >= 0.3 is 0 Å². The lowest BCUT2D eigenvalue weighted by atomic mass is 10.1. The second kappa shape index (κ2) is 4.53. The lowest BCUT2D eigenvalue weighted by Gasteiger charge is -2.05. The van der Waals surface area contributed by atoms with Crippen LogP contribution in [-0.2, 0) is 0 Å². The van der Waals surface area contributed by atoms with Gasteiger partial charge in [-0.2, -0.15) is 0 Å². The third-order valence-corrected chi connectivity index (χ3v) is 3.85. The van der Waals surface area contributed by atoms with Gasteiger partial charge in [0, 0.05) is 5.56 Å². The first-order valence-electron chi connectivity index (χ1n) is 6.90. The number of nitrogens with zero attached hydrogens (tertiary/aromatic N) is 2. The number of aromatic nitrogens is 3. The molecule has 0 aliphatic carbocycles. The third kappa shape index (κ3) is 1.75. The lowest BCUT2D eigenvalue weighted by Crippen LogP contribution is -2.11. The zero-order valence-electron chi connectivity index (χ0n) is 11.8. The summed E-state index contributed by atoms with van der Waals surface area (Å²) < 4.78 is 14.9. The molecule has 2 heterocycles. The van der Waals surface area contributed by atoms with Gasteiger partial charge in [-0.25, -0.2) is 9.37 Å². The number of fused-ring (bicyclic) bond motifs is 3. The second-order valence-electron chi connectivity index (χ2n) is 5.24. The lowest BCUT2D eigenvalue weighted by molar-refractivity contribution is 0.628. The van der Waals surface area contributed by atoms with E-state index < -0.39 is 0 Å². The van der Waals surface area contributed by atoms with Crippen molar-refractivity contribution >= 4 is 16.6 Å². The van der Waals surface area contributed by atoms with E-state index >= 15 is 0 Å². The highest BCUT2D eigenvalue weighted by atomic mass is 19.1. The number of aromatic amines is 1. The Kier molecular flexibility index (Phi) is 2.63. The van der Waals surface area contributed by atoms with Crippen LogP contribution in [0.15, 0.2) is 53.6 Å². The molecule has 0 aliphatic rings. The van der Waals surface area contributed by atoms with Crippen molar-refractivity contribution in [2.75, 3.05) is 0 Å². The van der Waals surface area contributed by atoms with Crippen molar-refractivity contribution in [3.63, 3.8) is 0 Å². The molecule has 5 heteroatoms. The molecule has 0 saturated heterocycles. The highest BCUT2D eigenvalue weighted by molar-refractivity contribution is 5.85. The molecule has 0 unspecified atom stereocenters. The van der Waals surface area contributed by atoms with Crippen LogP contribution < -0.4 is 5.56 Å². The number of rotatable bonds is 1. The summed E-state index contributed by atoms with van der Waals surface area (Å²) in [5, 5.41) is 0. The van der Waals surface area contributed by atoms with Gasteiger partial charge in [-0.15, -0.1) is 0 Å². The molecule has 2 aromatic heterocycles. The van der Waals surface area contributed by atoms with Gasteiger partial charge in [0.2, 0.25) is 0 Å². The van der Waals surface area contributed by atoms with Crippen LogP contribution >= 0.6 is 0 Å². The minimum atomic E-state index is -0.317. The Labute approximate surface area is 124 Å². The molecular formula is C17H12FN3O. The molecule has 108 valence electrons. The van der Waals surface area contributed by atoms with Gasteiger partial charge in [0.15, 0.2) is 0 Å². The Morgan fingerprint density at radius 2 is 1.91 bits per heavy atom. The van der Waals surface area contributed by atoms with Gasteiger partial charge in [0.1, 0.15) is 23.4 Å². The first-order valence-corrected chi connectivity index (χ1v) is 6.90. The molecule has 0 spiro atoms. The summed E-state index contributed by atoms with van der Waals surface area (Å²) in [5.41, 5.74) is 4.18. The van der Waals surface area contributed by atoms with Crippen LogP contribution in [0.2, 0.25) is 0 Å². The Hall–Kier alpha value is -2.95. The topological polar surface area (TPSA) is 50.2 Å². The third-order valence-electron chi connectivity index (χ3n) is 3.85. The summed E-state index contributed by atoms with van der Waals surface area (Å²) >= 11 is 0. The summed E-state index contributed by atoms with van der Waals surface area (Å²) in [7, 11) is 0. The Bertz CT molecular complexity index is 1060. The van der Waals surface area contributed by atoms with Gasteiger partial charge in [0.05, 0.1) is 11.0 Å². The summed E-state index contributed by atoms with van der Waals surface area (Å²) in [6, 6.07) is 11.8. The first kappa shape index (κ1) is 12.8. The summed E-state index contributed by atoms with van der Waals surface area (Å²) in [5.74, 6) is -0.317. The minimum Gasteiger partial charge on any atom is -0.319 e. The van der Waals surface area contributed by atoms with E-state index in [0.29, 0.717) is 16.8 Å². The Balaban J connectivity index is 2.11. The molecule has 0 aliphatic heterocycles. The van der Waals surface area contributed by atoms with E-state index in [1.165, 1.54) is 12.1 Å². The maximum Gasteiger partial charge on any atom is 0.275 e. The SMILES string of the molecule is Cc1cccc2c1[nH]c(=O)c1c(-c3ccc(F)cc3)ncn12. The van der Waals surface area contributed by atoms with Gasteiger partial charge in [-0.3, -0.25) is 9.20 Å². The molecule has 0 fully saturated rings. The number of nitrogens with one attached hydrogen (secondary N) is 1. The minimum absolute atomic E-state index is 0.210. The smallest absolute Gasteiger partial charge is 0.275 e. The van der Waals surface area contributed by atoms with Crippen molar-refractivity contribution in [2.24, 2.45) is 0 Å². The number of aryl methyl sites for hydroxylation is 1. The van der Waals surface area contributed by atoms with E-state index in [4.69, 9.17) is 0 Å². The average Bonchev–Trinajstić information content (AvgIpc) is 2.95. The fourth-order valence-electron chi connectivity index (χ4n) is 2.76. The molecule has 4 rings (SSSR count). The van der Waals surface area contributed by atoms with Crippen LogP contribution in [0.3, 0.4) is 0 Å². The number of hydrogen-bond donors (Lipinski definition) is 1. The first-order chi connectivity index (χ1) is 10.6. The van der Waals surface area contributed by atoms with E-state index in [2.05, 4.69) is 9.97 Å². The summed E-state index contributed by atoms with van der Waals surface area (Å²) in [6.45, 7) is 1.95. The van der Waals surface area contributed by atoms with Crippen molar-refractivity contribution in [1.29, 1.82) is 0 Å². The van der Waals surface area contributed by atoms with E-state index in [-0.39, 0.29) is 11.4 Å². The zero-order chi connectivity index (χ0) is 15.3. The Morgan fingerprint density at radius 3 is 2.68 bits per heavy atom. The second-order valence-corrected chi connectivity index (χ2v) is 5.24. The summed E-state index contributed by atoms with van der Waals surface area (Å²) in [6.07, 6.45) is 1.63. The fraction of sp³-hybridized carbons (Fsp3) is 0.0588. The number of halogens is 1. The van der Waals surface area contributed by atoms with Crippen molar-refractivity contribution in [3.05, 3.63) is 70.5 Å². The normalized spacial score (nSPS) is 11.4. The van der Waals surface area contributed by atoms with E-state index in [1.54, 1.807) is 22.9 Å². The molecule has 4 nitrogen and oxygen atoms in total. The van der Waals surface area contributed by atoms with Crippen LogP contribution in [-0.4, -0.2) is 14.4 Å². The van der Waals surface area contributed by atoms with Crippen LogP contribution in [0.1, 0.15) is 5.56 Å². The van der Waals surface area contributed by atoms with Crippen molar-refractivity contribution < 1.29 is 4.39 Å². The van der Waals surface area contributed by atoms with E-state index in [9.17, 15) is 9.18 Å². The number of para-hydroxylation sites is 1. The van der Waals surface area contributed by atoms with E-state index in [0.717, 1.165) is 16.6 Å². The molecule has 22 heavy (non-hydrogen) atoms. The molecule has 1 N–H and O–H groups in total. The van der Waals surface area contributed by atoms with Gasteiger partial charge in [0.25, 0.3) is 5.56 Å². The van der Waals surface area contributed by atoms with Crippen LogP contribution in [0.4, 0.5) is 4.39 Å². The van der Waals surface area contributed by atoms with Gasteiger partial charge in [-0.05, 0) is 42.8 Å². The monoisotopic (exact) mass is 293 g/mol. The van der Waals surface area contributed by atoms with Crippen molar-refractivity contribution in [3.8, 4) is 11.3 Å². The largest absolute Gasteiger partial charge is 0.319 e. The summed E-state index contributed by atoms with van der Waals surface area (Å²) in [4.78, 5) is 19.8. The number of H-pyrrole nitrogens is 1. The maximum absolute atomic E-state index is 13.1. The van der Waals surface area contributed by atoms with E-state index in [1.807, 2.05) is 25.1 Å². The van der Waals surface area contributed by atoms with Crippen LogP contribution in [0.5, 0.6) is 0 Å². The molecule has 0 bridgehead atoms. The standard InChI is InChI=1S/C17H12FN3O/c1-10-3-2-4-13-14(10)20-17(22)16-15(19-9-21(13)16)11-5-7-12(18)8-6-11/h2-9H,1H3,(H,20,22). The number of benzene rings is 2. The molecular weight excluding hydrogens is 281 g/mol. The maximum atomic E-state index is 13.1. The molecule has 0 amide bonds. The Morgan fingerprint density at radius 1 is 1.14 bits per heavy atom. The molecule has 4 aromatic rings. The van der Waals surface area contributed by atoms with Crippen LogP contribution in [0, 0.1) is 12.7 Å². The van der Waals surface area contributed by atoms with Gasteiger partial charge in [-0.1, -0.05) is 12.1 Å².